The third kappa shape index (κ3) is 3.30. The van der Waals surface area contributed by atoms with Gasteiger partial charge in [0.25, 0.3) is 0 Å². The van der Waals surface area contributed by atoms with Gasteiger partial charge in [0.1, 0.15) is 0 Å². The summed E-state index contributed by atoms with van der Waals surface area (Å²) < 4.78 is 13.8. The summed E-state index contributed by atoms with van der Waals surface area (Å²) in [6.45, 7) is 9.05. The zero-order valence-electron chi connectivity index (χ0n) is 59.8. The molecule has 8 atom stereocenters. The third-order valence-electron chi connectivity index (χ3n) is 37.5. The van der Waals surface area contributed by atoms with Gasteiger partial charge in [0.05, 0.1) is 131 Å². The molecule has 5 fully saturated rings. The van der Waals surface area contributed by atoms with E-state index in [0.717, 1.165) is 70.3 Å². The fourth-order valence-electron chi connectivity index (χ4n) is 35.5. The van der Waals surface area contributed by atoms with Crippen LogP contribution in [-0.4, -0.2) is 204 Å². The van der Waals surface area contributed by atoms with Crippen molar-refractivity contribution in [3.63, 3.8) is 0 Å². The molecule has 20 aromatic rings. The second-order valence-corrected chi connectivity index (χ2v) is 42.3. The van der Waals surface area contributed by atoms with E-state index in [-0.39, 0.29) is 11.8 Å². The van der Waals surface area contributed by atoms with Crippen LogP contribution < -0.4 is 0 Å². The van der Waals surface area contributed by atoms with Gasteiger partial charge < -0.3 is 22.7 Å². The van der Waals surface area contributed by atoms with Gasteiger partial charge in [0, 0.05) is 138 Å². The van der Waals surface area contributed by atoms with Gasteiger partial charge in [-0.2, -0.15) is 0 Å². The average molecular weight is 1310 g/mol. The molecule has 5 saturated heterocycles. The summed E-state index contributed by atoms with van der Waals surface area (Å²) in [4.78, 5) is 13.6. The van der Waals surface area contributed by atoms with Gasteiger partial charge in [-0.3, -0.25) is 19.6 Å². The number of piperidine rings is 4. The van der Waals surface area contributed by atoms with Gasteiger partial charge in [-0.05, 0) is 260 Å². The predicted molar refractivity (Wildman–Crippen MR) is 409 cm³/mol. The van der Waals surface area contributed by atoms with Crippen LogP contribution in [-0.2, 0) is 32.5 Å². The van der Waals surface area contributed by atoms with E-state index in [1.807, 2.05) is 61.2 Å². The van der Waals surface area contributed by atoms with Gasteiger partial charge in [0.15, 0.2) is 11.2 Å². The number of epoxide rings is 1. The summed E-state index contributed by atoms with van der Waals surface area (Å²) >= 11 is 0. The molecular weight excluding hydrogens is 1230 g/mol. The molecule has 5 heterocycles. The molecule has 17 aliphatic rings. The quantitative estimate of drug-likeness (QED) is 0.0858. The van der Waals surface area contributed by atoms with Crippen molar-refractivity contribution in [3.05, 3.63) is 77.9 Å². The monoisotopic (exact) mass is 1310 g/mol. The highest BCUT2D eigenvalue weighted by molar-refractivity contribution is 6.76. The van der Waals surface area contributed by atoms with E-state index in [1.165, 1.54) is 51.4 Å². The van der Waals surface area contributed by atoms with Crippen molar-refractivity contribution < 1.29 is 22.7 Å². The predicted octanol–water partition coefficient (Wildman–Crippen LogP) is 15.4. The van der Waals surface area contributed by atoms with Crippen LogP contribution in [0.25, 0.3) is 205 Å². The minimum atomic E-state index is -0.657. The first-order chi connectivity index (χ1) is 48.8. The lowest BCUT2D eigenvalue weighted by molar-refractivity contribution is -0.897. The van der Waals surface area contributed by atoms with Gasteiger partial charge in [0.2, 0.25) is 0 Å². The Hall–Kier alpha value is -7.12. The lowest BCUT2D eigenvalue weighted by atomic mass is 9.46. The number of nitrogens with zero attached hydrogens (tertiary/aromatic N) is 8. The summed E-state index contributed by atoms with van der Waals surface area (Å²) in [6.07, 6.45) is 9.86. The Labute approximate surface area is 579 Å². The summed E-state index contributed by atoms with van der Waals surface area (Å²) in [5, 5.41) is 65.4. The van der Waals surface area contributed by atoms with Crippen molar-refractivity contribution in [2.45, 2.75) is 121 Å². The van der Waals surface area contributed by atoms with E-state index in [9.17, 15) is 4.74 Å². The van der Waals surface area contributed by atoms with Crippen molar-refractivity contribution in [2.75, 3.05) is 137 Å². The molecule has 9 heteroatoms. The first kappa shape index (κ1) is 48.8. The van der Waals surface area contributed by atoms with E-state index in [1.54, 1.807) is 221 Å². The molecule has 0 N–H and O–H groups in total. The fourth-order valence-corrected chi connectivity index (χ4v) is 35.5. The molecule has 5 aliphatic heterocycles. The van der Waals surface area contributed by atoms with Crippen molar-refractivity contribution >= 4 is 205 Å². The Morgan fingerprint density at radius 1 is 0.238 bits per heavy atom. The lowest BCUT2D eigenvalue weighted by Gasteiger charge is -2.66. The molecule has 0 amide bonds. The topological polar surface area (TPSA) is 25.5 Å². The van der Waals surface area contributed by atoms with E-state index in [2.05, 4.69) is 104 Å². The highest BCUT2D eigenvalue weighted by Crippen LogP contribution is 2.98. The molecule has 37 rings (SSSR count). The normalized spacial score (nSPS) is 34.1. The van der Waals surface area contributed by atoms with Crippen LogP contribution in [0.1, 0.15) is 119 Å². The maximum Gasteiger partial charge on any atom is 0.159 e. The number of hydrogen-bond donors (Lipinski definition) is 0. The Morgan fingerprint density at radius 3 is 0.871 bits per heavy atom. The summed E-state index contributed by atoms with van der Waals surface area (Å²) in [5.74, 6) is 0.497. The summed E-state index contributed by atoms with van der Waals surface area (Å²) in [7, 11) is 30.5. The number of hydrogen-bond acceptors (Lipinski definition) is 5. The Morgan fingerprint density at radius 2 is 0.495 bits per heavy atom. The van der Waals surface area contributed by atoms with Crippen molar-refractivity contribution in [1.29, 1.82) is 0 Å². The molecule has 0 aromatic heterocycles. The second kappa shape index (κ2) is 12.0. The van der Waals surface area contributed by atoms with Crippen molar-refractivity contribution in [3.8, 4) is 0 Å². The number of quaternary nitrogens is 4. The van der Waals surface area contributed by atoms with Crippen LogP contribution >= 0.6 is 0 Å². The Kier molecular flexibility index (Phi) is 5.78. The molecule has 9 nitrogen and oxygen atoms in total. The minimum Gasteiger partial charge on any atom is -0.342 e. The maximum atomic E-state index is 9.63. The van der Waals surface area contributed by atoms with Crippen LogP contribution in [0.3, 0.4) is 0 Å². The number of ether oxygens (including phenoxy) is 1. The SMILES string of the molecule is C[N+](C)(C)C1CCN(C23C4=C5C6(N7CCC([N+](C)(C)C)CC7)c7c2c2c8c3c3c9c%10c%11c%12c%13c%14c%15c%16c%17c%18c(c6c6c7c7c2c2c%19c8c9c8c%11c9c%12c%11c%14c%17c%12c%14c%18c6c6c7c2c2c(c8%19)c9c(c%11%12)c2c%146)C%162OC52C2=C4C3(N3CCC([N+](C)(C)C)CC3)C%10C%13C2%15N2CCC([N+](C)(C)C)CC2)CC1. The largest absolute Gasteiger partial charge is 0.342 e. The Bertz CT molecular complexity index is 7860. The molecule has 2 spiro atoms. The molecule has 12 aliphatic carbocycles. The zero-order valence-corrected chi connectivity index (χ0v) is 59.8. The van der Waals surface area contributed by atoms with E-state index in [0.29, 0.717) is 24.2 Å². The molecular formula is C92H74N8O+4. The minimum absolute atomic E-state index is 0.245. The van der Waals surface area contributed by atoms with Gasteiger partial charge in [-0.25, -0.2) is 0 Å². The average Bonchev–Trinajstić information content (AvgIpc) is 1.36. The maximum absolute atomic E-state index is 9.63. The van der Waals surface area contributed by atoms with E-state index < -0.39 is 33.4 Å². The highest BCUT2D eigenvalue weighted by Gasteiger charge is 2.97. The number of likely N-dealkylation sites (tertiary alicyclic amines) is 4. The van der Waals surface area contributed by atoms with E-state index >= 15 is 0 Å². The molecule has 8 unspecified atom stereocenters. The van der Waals surface area contributed by atoms with Crippen molar-refractivity contribution in [2.24, 2.45) is 0 Å². The van der Waals surface area contributed by atoms with Gasteiger partial charge >= 0.3 is 0 Å². The second-order valence-electron chi connectivity index (χ2n) is 42.3. The standard InChI is InChI=1S/C92H74N8O/c1-97(2,3)29-13-21-93(22-14-29)87-73-63-53-43-38-33-34-36-37-35(33)40-46-44(38)54(53)64-66-56(46)58-48(40)50-42(37)52-51-41(36)49-47-39(34)45(43)55-57(47)67-69-59(49)61(51)71-72-62(52)60(50)70-68(58)78-76(66)88(74(64)73,94-23-15-30(16-24-94)98(4,5)6)84-83(87)85-89(77(67)75(87)65(55)63,95-25-17-31(18-26-95)99(7,8)9)79(69)81(71)91-82(72)80(70)90(78,86(84)92(85,91)101-91)96-27-19-32(20-28-96)100(10,11)12/h29-32,75,77H,13-28H2,1-12H3/q+4. The molecule has 484 valence electrons. The first-order valence-electron chi connectivity index (χ1n) is 40.2. The number of rotatable bonds is 8. The molecule has 0 saturated carbocycles. The van der Waals surface area contributed by atoms with Gasteiger partial charge in [-0.1, -0.05) is 0 Å². The third-order valence-corrected chi connectivity index (χ3v) is 37.5. The lowest BCUT2D eigenvalue weighted by Crippen LogP contribution is -2.69. The molecule has 20 aromatic carbocycles. The zero-order chi connectivity index (χ0) is 64.8. The Balaban J connectivity index is 0.893. The van der Waals surface area contributed by atoms with Crippen molar-refractivity contribution in [1.82, 2.24) is 19.6 Å². The van der Waals surface area contributed by atoms with Crippen LogP contribution in [0.5, 0.6) is 0 Å². The first-order valence-corrected chi connectivity index (χ1v) is 40.2. The smallest absolute Gasteiger partial charge is 0.159 e. The van der Waals surface area contributed by atoms with Crippen LogP contribution in [0.4, 0.5) is 0 Å². The molecule has 0 radical (unpaired) electrons. The molecule has 0 bridgehead atoms. The summed E-state index contributed by atoms with van der Waals surface area (Å²) in [5.41, 5.74) is 22.5. The van der Waals surface area contributed by atoms with Crippen LogP contribution in [0.2, 0.25) is 0 Å². The van der Waals surface area contributed by atoms with Crippen LogP contribution in [0.15, 0.2) is 22.3 Å². The summed E-state index contributed by atoms with van der Waals surface area (Å²) in [6, 6.07) is 2.46. The highest BCUT2D eigenvalue weighted by atomic mass is 16.6. The van der Waals surface area contributed by atoms with Crippen LogP contribution in [0, 0.1) is 0 Å². The number of benzene rings is 14. The molecule has 101 heavy (non-hydrogen) atoms. The van der Waals surface area contributed by atoms with E-state index in [4.69, 9.17) is 0 Å². The fraction of sp³-hybridized carbons (Fsp3) is 0.435. The van der Waals surface area contributed by atoms with Gasteiger partial charge in [-0.15, -0.1) is 0 Å².